The summed E-state index contributed by atoms with van der Waals surface area (Å²) in [7, 11) is -16.4. The Hall–Kier alpha value is -2.15. The molecule has 11 N–H and O–H groups in total. The van der Waals surface area contributed by atoms with Crippen LogP contribution in [0, 0.1) is 5.41 Å². The zero-order valence-electron chi connectivity index (χ0n) is 29.5. The molecule has 28 heteroatoms. The number of aromatic nitrogens is 4. The van der Waals surface area contributed by atoms with Crippen LogP contribution in [0.1, 0.15) is 46.8 Å². The maximum absolute atomic E-state index is 12.7. The highest BCUT2D eigenvalue weighted by Crippen LogP contribution is 2.61. The number of hydrogen-bond donors (Lipinski definition) is 10. The average Bonchev–Trinajstić information content (AvgIpc) is 3.60. The molecule has 24 nitrogen and oxygen atoms in total. The number of fused-ring (bicyclic) bond motifs is 1. The third-order valence-corrected chi connectivity index (χ3v) is 11.6. The Morgan fingerprint density at radius 2 is 1.70 bits per heavy atom. The molecule has 2 aromatic heterocycles. The predicted octanol–water partition coefficient (Wildman–Crippen LogP) is -0.701. The van der Waals surface area contributed by atoms with E-state index in [0.717, 1.165) is 17.2 Å². The van der Waals surface area contributed by atoms with Crippen molar-refractivity contribution < 1.29 is 80.8 Å². The van der Waals surface area contributed by atoms with Gasteiger partial charge < -0.3 is 56.0 Å². The number of aliphatic hydroxyl groups excluding tert-OH is 2. The standard InChI is InChI=1S/C26H46N7O17P3S/c1-25(2,20(36)23(37)29-7-5-16(34)28-8-10-54-9-6-26(3,4)38)12-47-53(44,45)50-52(42,43)46-11-15-19(49-51(39,40)41)18(35)24(48-15)33-14-32-17-21(27)30-13-31-22(17)33/h13-15,18-20,24,35-36,38H,5-12H2,1-4H3,(H,28,34)(H,29,37)(H,42,43)(H,44,45)(H2,27,30,31)(H2,39,40,41)/t15-,18-,19-,20+,24-/m1/s1. The second-order valence-corrected chi connectivity index (χ2v) is 18.7. The number of amides is 2. The summed E-state index contributed by atoms with van der Waals surface area (Å²) >= 11 is 1.55. The van der Waals surface area contributed by atoms with Gasteiger partial charge in [-0.25, -0.2) is 28.6 Å². The number of carbonyl (C=O) groups excluding carboxylic acids is 2. The smallest absolute Gasteiger partial charge is 0.390 e. The van der Waals surface area contributed by atoms with Crippen molar-refractivity contribution in [2.75, 3.05) is 43.5 Å². The monoisotopic (exact) mass is 853 g/mol. The minimum atomic E-state index is -5.56. The Morgan fingerprint density at radius 1 is 1.04 bits per heavy atom. The number of carbonyl (C=O) groups is 2. The van der Waals surface area contributed by atoms with Crippen molar-refractivity contribution in [3.8, 4) is 0 Å². The highest BCUT2D eigenvalue weighted by atomic mass is 32.2. The quantitative estimate of drug-likeness (QED) is 0.0517. The number of ether oxygens (including phenoxy) is 1. The number of anilines is 1. The fourth-order valence-electron chi connectivity index (χ4n) is 4.63. The Labute approximate surface area is 313 Å². The van der Waals surface area contributed by atoms with Gasteiger partial charge in [0.1, 0.15) is 36.3 Å². The van der Waals surface area contributed by atoms with Crippen molar-refractivity contribution in [3.63, 3.8) is 0 Å². The van der Waals surface area contributed by atoms with E-state index in [1.165, 1.54) is 13.8 Å². The van der Waals surface area contributed by atoms with Crippen LogP contribution in [0.2, 0.25) is 0 Å². The first kappa shape index (κ1) is 46.2. The van der Waals surface area contributed by atoms with Crippen molar-refractivity contribution in [2.45, 2.75) is 76.8 Å². The summed E-state index contributed by atoms with van der Waals surface area (Å²) < 4.78 is 62.0. The molecule has 0 aromatic carbocycles. The Bertz CT molecular complexity index is 1740. The molecule has 1 saturated heterocycles. The normalized spacial score (nSPS) is 22.4. The molecule has 1 fully saturated rings. The largest absolute Gasteiger partial charge is 0.481 e. The van der Waals surface area contributed by atoms with Crippen molar-refractivity contribution >= 4 is 64.0 Å². The zero-order chi connectivity index (χ0) is 40.7. The lowest BCUT2D eigenvalue weighted by Gasteiger charge is -2.30. The molecule has 2 amide bonds. The average molecular weight is 854 g/mol. The molecule has 0 bridgehead atoms. The van der Waals surface area contributed by atoms with E-state index in [9.17, 15) is 58.2 Å². The number of nitrogen functional groups attached to an aromatic ring is 1. The van der Waals surface area contributed by atoms with Gasteiger partial charge in [-0.05, 0) is 26.0 Å². The number of hydrogen-bond acceptors (Lipinski definition) is 18. The molecule has 1 aliphatic rings. The summed E-state index contributed by atoms with van der Waals surface area (Å²) in [5.41, 5.74) is 3.51. The van der Waals surface area contributed by atoms with Crippen LogP contribution in [0.3, 0.4) is 0 Å². The van der Waals surface area contributed by atoms with E-state index in [2.05, 4.69) is 34.4 Å². The molecule has 3 rings (SSSR count). The second kappa shape index (κ2) is 18.9. The van der Waals surface area contributed by atoms with Crippen LogP contribution in [-0.4, -0.2) is 134 Å². The van der Waals surface area contributed by atoms with E-state index in [-0.39, 0.29) is 35.9 Å². The molecular formula is C26H46N7O17P3S. The van der Waals surface area contributed by atoms with Gasteiger partial charge in [0.15, 0.2) is 17.7 Å². The second-order valence-electron chi connectivity index (χ2n) is 13.2. The van der Waals surface area contributed by atoms with Gasteiger partial charge in [-0.3, -0.25) is 27.7 Å². The van der Waals surface area contributed by atoms with Crippen LogP contribution >= 0.6 is 35.2 Å². The van der Waals surface area contributed by atoms with E-state index in [1.54, 1.807) is 25.6 Å². The fourth-order valence-corrected chi connectivity index (χ4v) is 8.55. The first-order valence-corrected chi connectivity index (χ1v) is 21.7. The van der Waals surface area contributed by atoms with Gasteiger partial charge >= 0.3 is 23.5 Å². The predicted molar refractivity (Wildman–Crippen MR) is 188 cm³/mol. The highest BCUT2D eigenvalue weighted by molar-refractivity contribution is 7.99. The lowest BCUT2D eigenvalue weighted by Crippen LogP contribution is -2.46. The topological polar surface area (TPSA) is 367 Å². The Kier molecular flexibility index (Phi) is 16.1. The molecule has 0 radical (unpaired) electrons. The molecule has 0 spiro atoms. The summed E-state index contributed by atoms with van der Waals surface area (Å²) in [6, 6.07) is 0. The molecule has 1 aliphatic heterocycles. The summed E-state index contributed by atoms with van der Waals surface area (Å²) in [5, 5.41) is 36.1. The number of phosphoric acid groups is 3. The van der Waals surface area contributed by atoms with Crippen molar-refractivity contribution in [3.05, 3.63) is 12.7 Å². The first-order valence-electron chi connectivity index (χ1n) is 16.0. The van der Waals surface area contributed by atoms with Crippen LogP contribution in [0.4, 0.5) is 5.82 Å². The van der Waals surface area contributed by atoms with E-state index >= 15 is 0 Å². The lowest BCUT2D eigenvalue weighted by atomic mass is 9.87. The third-order valence-electron chi connectivity index (χ3n) is 7.50. The van der Waals surface area contributed by atoms with Crippen LogP contribution in [0.5, 0.6) is 0 Å². The van der Waals surface area contributed by atoms with E-state index in [0.29, 0.717) is 24.5 Å². The van der Waals surface area contributed by atoms with Gasteiger partial charge in [0.2, 0.25) is 11.8 Å². The summed E-state index contributed by atoms with van der Waals surface area (Å²) in [4.78, 5) is 75.5. The van der Waals surface area contributed by atoms with Gasteiger partial charge in [0.05, 0.1) is 25.1 Å². The van der Waals surface area contributed by atoms with Crippen molar-refractivity contribution in [2.24, 2.45) is 5.41 Å². The minimum Gasteiger partial charge on any atom is -0.390 e. The molecule has 2 unspecified atom stereocenters. The Morgan fingerprint density at radius 3 is 2.35 bits per heavy atom. The summed E-state index contributed by atoms with van der Waals surface area (Å²) in [6.45, 7) is 4.15. The third kappa shape index (κ3) is 14.4. The molecule has 0 aliphatic carbocycles. The van der Waals surface area contributed by atoms with Gasteiger partial charge in [-0.1, -0.05) is 13.8 Å². The zero-order valence-corrected chi connectivity index (χ0v) is 33.0. The van der Waals surface area contributed by atoms with Gasteiger partial charge in [-0.2, -0.15) is 16.1 Å². The van der Waals surface area contributed by atoms with Crippen molar-refractivity contribution in [1.29, 1.82) is 0 Å². The van der Waals surface area contributed by atoms with Crippen LogP contribution in [0.25, 0.3) is 11.2 Å². The van der Waals surface area contributed by atoms with E-state index in [1.807, 2.05) is 0 Å². The molecular weight excluding hydrogens is 807 g/mol. The summed E-state index contributed by atoms with van der Waals surface area (Å²) in [5.74, 6) is -0.0312. The van der Waals surface area contributed by atoms with E-state index < -0.39 is 84.2 Å². The number of nitrogens with one attached hydrogen (secondary N) is 2. The Balaban J connectivity index is 1.50. The number of nitrogens with two attached hydrogens (primary N) is 1. The highest BCUT2D eigenvalue weighted by Gasteiger charge is 2.50. The van der Waals surface area contributed by atoms with Gasteiger partial charge in [-0.15, -0.1) is 0 Å². The SMILES string of the molecule is CC(C)(O)CCSCCNC(=O)CCNC(=O)[C@H](O)C(C)(C)COP(=O)(O)OP(=O)(O)OC[C@H]1O[C@@H](n2cnc3c(N)ncnc32)[C@H](O)[C@@H]1OP(=O)(O)O. The van der Waals surface area contributed by atoms with Crippen molar-refractivity contribution in [1.82, 2.24) is 30.2 Å². The molecule has 308 valence electrons. The van der Waals surface area contributed by atoms with Gasteiger partial charge in [0, 0.05) is 30.7 Å². The van der Waals surface area contributed by atoms with Crippen LogP contribution in [-0.2, 0) is 45.9 Å². The maximum Gasteiger partial charge on any atom is 0.481 e. The number of thioether (sulfide) groups is 1. The number of imidazole rings is 1. The number of rotatable bonds is 22. The van der Waals surface area contributed by atoms with Gasteiger partial charge in [0.25, 0.3) is 0 Å². The van der Waals surface area contributed by atoms with E-state index in [4.69, 9.17) is 19.5 Å². The van der Waals surface area contributed by atoms with Crippen LogP contribution < -0.4 is 16.4 Å². The van der Waals surface area contributed by atoms with Crippen LogP contribution in [0.15, 0.2) is 12.7 Å². The summed E-state index contributed by atoms with van der Waals surface area (Å²) in [6.07, 6.45) is -6.21. The lowest BCUT2D eigenvalue weighted by molar-refractivity contribution is -0.137. The number of aliphatic hydroxyl groups is 3. The molecule has 54 heavy (non-hydrogen) atoms. The fraction of sp³-hybridized carbons (Fsp3) is 0.731. The molecule has 2 aromatic rings. The molecule has 3 heterocycles. The molecule has 7 atom stereocenters. The maximum atomic E-state index is 12.7. The number of nitrogens with zero attached hydrogens (tertiary/aromatic N) is 4. The molecule has 0 saturated carbocycles. The first-order chi connectivity index (χ1) is 24.8. The minimum absolute atomic E-state index is 0.0344. The number of phosphoric ester groups is 3.